The number of hydrogen-bond acceptors (Lipinski definition) is 5. The highest BCUT2D eigenvalue weighted by Gasteiger charge is 2.18. The van der Waals surface area contributed by atoms with Crippen LogP contribution in [0.25, 0.3) is 22.5 Å². The summed E-state index contributed by atoms with van der Waals surface area (Å²) in [5.74, 6) is 0.592. The molecule has 0 saturated carbocycles. The number of ether oxygens (including phenoxy) is 1. The molecule has 0 saturated heterocycles. The molecule has 1 N–H and O–H groups in total. The van der Waals surface area contributed by atoms with Gasteiger partial charge in [-0.25, -0.2) is 0 Å². The Hall–Kier alpha value is -3.58. The Morgan fingerprint density at radius 1 is 1.09 bits per heavy atom. The lowest BCUT2D eigenvalue weighted by atomic mass is 9.95. The smallest absolute Gasteiger partial charge is 0.205 e. The van der Waals surface area contributed by atoms with E-state index in [1.807, 2.05) is 24.3 Å². The third-order valence-corrected chi connectivity index (χ3v) is 5.76. The SMILES string of the molecule is C=CCn1nc(COC)c(Cc2ccc(-c3ccccc3-c3nn[nH]n3)cc2)c1CCCC. The first-order valence-corrected chi connectivity index (χ1v) is 11.3. The first-order valence-electron chi connectivity index (χ1n) is 11.3. The Morgan fingerprint density at radius 2 is 1.88 bits per heavy atom. The minimum absolute atomic E-state index is 0.509. The number of methoxy groups -OCH3 is 1. The molecule has 2 aromatic carbocycles. The van der Waals surface area contributed by atoms with Crippen LogP contribution in [0.15, 0.2) is 61.2 Å². The molecule has 0 spiro atoms. The van der Waals surface area contributed by atoms with Gasteiger partial charge in [0.2, 0.25) is 5.82 Å². The summed E-state index contributed by atoms with van der Waals surface area (Å²) in [4.78, 5) is 0. The predicted molar refractivity (Wildman–Crippen MR) is 130 cm³/mol. The van der Waals surface area contributed by atoms with E-state index in [9.17, 15) is 0 Å². The molecule has 0 unspecified atom stereocenters. The zero-order chi connectivity index (χ0) is 23.0. The number of nitrogens with zero attached hydrogens (tertiary/aromatic N) is 5. The monoisotopic (exact) mass is 442 g/mol. The Labute approximate surface area is 194 Å². The number of nitrogens with one attached hydrogen (secondary N) is 1. The Morgan fingerprint density at radius 3 is 2.55 bits per heavy atom. The van der Waals surface area contributed by atoms with Crippen LogP contribution in [0.4, 0.5) is 0 Å². The highest BCUT2D eigenvalue weighted by Crippen LogP contribution is 2.30. The summed E-state index contributed by atoms with van der Waals surface area (Å²) in [6, 6.07) is 16.8. The van der Waals surface area contributed by atoms with E-state index in [0.29, 0.717) is 19.0 Å². The molecular formula is C26H30N6O. The fourth-order valence-corrected chi connectivity index (χ4v) is 4.16. The molecule has 0 fully saturated rings. The number of tetrazole rings is 1. The van der Waals surface area contributed by atoms with E-state index in [4.69, 9.17) is 9.84 Å². The van der Waals surface area contributed by atoms with E-state index < -0.39 is 0 Å². The fraction of sp³-hybridized carbons (Fsp3) is 0.308. The van der Waals surface area contributed by atoms with E-state index in [2.05, 4.69) is 69.1 Å². The van der Waals surface area contributed by atoms with Gasteiger partial charge in [-0.05, 0) is 34.7 Å². The number of allylic oxidation sites excluding steroid dienone is 1. The van der Waals surface area contributed by atoms with Gasteiger partial charge in [0.15, 0.2) is 0 Å². The molecule has 0 amide bonds. The van der Waals surface area contributed by atoms with E-state index in [0.717, 1.165) is 48.1 Å². The van der Waals surface area contributed by atoms with Crippen molar-refractivity contribution in [1.29, 1.82) is 0 Å². The van der Waals surface area contributed by atoms with Crippen molar-refractivity contribution in [3.8, 4) is 22.5 Å². The lowest BCUT2D eigenvalue weighted by molar-refractivity contribution is 0.180. The molecule has 7 nitrogen and oxygen atoms in total. The van der Waals surface area contributed by atoms with Crippen LogP contribution in [0.3, 0.4) is 0 Å². The van der Waals surface area contributed by atoms with Crippen molar-refractivity contribution in [2.24, 2.45) is 0 Å². The maximum Gasteiger partial charge on any atom is 0.205 e. The van der Waals surface area contributed by atoms with Crippen molar-refractivity contribution in [2.45, 2.75) is 45.8 Å². The van der Waals surface area contributed by atoms with Crippen LogP contribution in [0.2, 0.25) is 0 Å². The van der Waals surface area contributed by atoms with E-state index >= 15 is 0 Å². The normalized spacial score (nSPS) is 11.1. The van der Waals surface area contributed by atoms with Crippen molar-refractivity contribution >= 4 is 0 Å². The summed E-state index contributed by atoms with van der Waals surface area (Å²) < 4.78 is 7.55. The van der Waals surface area contributed by atoms with Crippen molar-refractivity contribution in [3.63, 3.8) is 0 Å². The van der Waals surface area contributed by atoms with Gasteiger partial charge in [0.1, 0.15) is 0 Å². The van der Waals surface area contributed by atoms with Gasteiger partial charge in [-0.1, -0.05) is 68.0 Å². The lowest BCUT2D eigenvalue weighted by Gasteiger charge is -2.10. The van der Waals surface area contributed by atoms with Crippen molar-refractivity contribution in [2.75, 3.05) is 7.11 Å². The predicted octanol–water partition coefficient (Wildman–Crippen LogP) is 5.00. The first-order chi connectivity index (χ1) is 16.2. The van der Waals surface area contributed by atoms with Crippen LogP contribution < -0.4 is 0 Å². The third-order valence-electron chi connectivity index (χ3n) is 5.76. The zero-order valence-electron chi connectivity index (χ0n) is 19.3. The first kappa shape index (κ1) is 22.6. The molecule has 170 valence electrons. The highest BCUT2D eigenvalue weighted by molar-refractivity contribution is 5.80. The minimum atomic E-state index is 0.509. The molecule has 33 heavy (non-hydrogen) atoms. The molecule has 2 aromatic heterocycles. The average molecular weight is 443 g/mol. The van der Waals surface area contributed by atoms with Crippen LogP contribution in [0.1, 0.15) is 42.3 Å². The van der Waals surface area contributed by atoms with Crippen LogP contribution >= 0.6 is 0 Å². The number of hydrogen-bond donors (Lipinski definition) is 1. The number of unbranched alkanes of at least 4 members (excludes halogenated alkanes) is 1. The number of benzene rings is 2. The van der Waals surface area contributed by atoms with Gasteiger partial charge >= 0.3 is 0 Å². The summed E-state index contributed by atoms with van der Waals surface area (Å²) in [6.45, 7) is 7.34. The fourth-order valence-electron chi connectivity index (χ4n) is 4.16. The Balaban J connectivity index is 1.64. The summed E-state index contributed by atoms with van der Waals surface area (Å²) >= 11 is 0. The molecule has 0 aliphatic carbocycles. The molecule has 0 aliphatic rings. The number of aromatic amines is 1. The standard InChI is InChI=1S/C26H30N6O/c1-4-6-11-25-23(24(18-33-3)29-32(25)16-5-2)17-19-12-14-20(15-13-19)21-9-7-8-10-22(21)26-27-30-31-28-26/h5,7-10,12-15H,2,4,6,11,16-18H2,1,3H3,(H,27,28,30,31). The molecule has 4 aromatic rings. The maximum absolute atomic E-state index is 5.46. The summed E-state index contributed by atoms with van der Waals surface area (Å²) in [5, 5.41) is 19.4. The van der Waals surface area contributed by atoms with Crippen molar-refractivity contribution in [1.82, 2.24) is 30.4 Å². The largest absolute Gasteiger partial charge is 0.378 e. The third kappa shape index (κ3) is 5.09. The molecule has 2 heterocycles. The summed E-state index contributed by atoms with van der Waals surface area (Å²) in [5.41, 5.74) is 7.95. The number of H-pyrrole nitrogens is 1. The number of aromatic nitrogens is 6. The van der Waals surface area contributed by atoms with Crippen molar-refractivity contribution in [3.05, 3.63) is 83.7 Å². The molecular weight excluding hydrogens is 412 g/mol. The average Bonchev–Trinajstić information content (AvgIpc) is 3.48. The molecule has 0 atom stereocenters. The number of rotatable bonds is 11. The summed E-state index contributed by atoms with van der Waals surface area (Å²) in [6.07, 6.45) is 6.01. The second kappa shape index (κ2) is 10.8. The van der Waals surface area contributed by atoms with Gasteiger partial charge in [-0.15, -0.1) is 16.8 Å². The van der Waals surface area contributed by atoms with E-state index in [1.165, 1.54) is 16.8 Å². The van der Waals surface area contributed by atoms with E-state index in [1.54, 1.807) is 7.11 Å². The van der Waals surface area contributed by atoms with Gasteiger partial charge in [-0.2, -0.15) is 10.3 Å². The second-order valence-electron chi connectivity index (χ2n) is 8.03. The summed E-state index contributed by atoms with van der Waals surface area (Å²) in [7, 11) is 1.72. The maximum atomic E-state index is 5.46. The molecule has 7 heteroatoms. The Kier molecular flexibility index (Phi) is 7.42. The van der Waals surface area contributed by atoms with Crippen LogP contribution in [0, 0.1) is 0 Å². The Bertz CT molecular complexity index is 1180. The quantitative estimate of drug-likeness (QED) is 0.331. The minimum Gasteiger partial charge on any atom is -0.378 e. The van der Waals surface area contributed by atoms with Gasteiger partial charge in [0, 0.05) is 30.4 Å². The van der Waals surface area contributed by atoms with Gasteiger partial charge in [0.25, 0.3) is 0 Å². The molecule has 4 rings (SSSR count). The van der Waals surface area contributed by atoms with Gasteiger partial charge in [0.05, 0.1) is 18.8 Å². The topological polar surface area (TPSA) is 81.5 Å². The molecule has 0 radical (unpaired) electrons. The lowest BCUT2D eigenvalue weighted by Crippen LogP contribution is -2.05. The van der Waals surface area contributed by atoms with Gasteiger partial charge in [-0.3, -0.25) is 4.68 Å². The second-order valence-corrected chi connectivity index (χ2v) is 8.03. The molecule has 0 bridgehead atoms. The van der Waals surface area contributed by atoms with Crippen molar-refractivity contribution < 1.29 is 4.74 Å². The van der Waals surface area contributed by atoms with Crippen LogP contribution in [0.5, 0.6) is 0 Å². The van der Waals surface area contributed by atoms with E-state index in [-0.39, 0.29) is 0 Å². The van der Waals surface area contributed by atoms with Crippen LogP contribution in [-0.4, -0.2) is 37.5 Å². The van der Waals surface area contributed by atoms with Crippen LogP contribution in [-0.2, 0) is 30.7 Å². The van der Waals surface area contributed by atoms with Gasteiger partial charge < -0.3 is 4.74 Å². The molecule has 0 aliphatic heterocycles. The highest BCUT2D eigenvalue weighted by atomic mass is 16.5. The zero-order valence-corrected chi connectivity index (χ0v) is 19.3.